The second-order valence-electron chi connectivity index (χ2n) is 2.99. The molecule has 0 atom stereocenters. The Morgan fingerprint density at radius 1 is 1.53 bits per heavy atom. The van der Waals surface area contributed by atoms with Gasteiger partial charge in [-0.05, 0) is 6.92 Å². The van der Waals surface area contributed by atoms with Gasteiger partial charge in [0.25, 0.3) is 0 Å². The normalized spacial score (nSPS) is 10.6. The number of halogens is 1. The average Bonchev–Trinajstić information content (AvgIpc) is 2.80. The summed E-state index contributed by atoms with van der Waals surface area (Å²) < 4.78 is 1.81. The van der Waals surface area contributed by atoms with E-state index in [4.69, 9.17) is 11.6 Å². The molecule has 0 saturated heterocycles. The molecule has 2 heterocycles. The molecular formula is C8H10ClN5S. The molecule has 2 aromatic rings. The Morgan fingerprint density at radius 3 is 2.87 bits per heavy atom. The Bertz CT molecular complexity index is 463. The van der Waals surface area contributed by atoms with Crippen molar-refractivity contribution in [2.45, 2.75) is 13.5 Å². The van der Waals surface area contributed by atoms with Crippen LogP contribution in [0.3, 0.4) is 0 Å². The summed E-state index contributed by atoms with van der Waals surface area (Å²) in [6.07, 6.45) is 1.64. The molecule has 80 valence electrons. The van der Waals surface area contributed by atoms with Gasteiger partial charge in [-0.1, -0.05) is 22.9 Å². The van der Waals surface area contributed by atoms with Gasteiger partial charge in [-0.25, -0.2) is 0 Å². The lowest BCUT2D eigenvalue weighted by Crippen LogP contribution is -2.03. The molecular weight excluding hydrogens is 234 g/mol. The number of nitrogens with one attached hydrogen (secondary N) is 1. The van der Waals surface area contributed by atoms with Crippen LogP contribution in [0.4, 0.5) is 5.13 Å². The zero-order valence-electron chi connectivity index (χ0n) is 8.36. The van der Waals surface area contributed by atoms with E-state index in [-0.39, 0.29) is 0 Å². The van der Waals surface area contributed by atoms with Gasteiger partial charge in [-0.3, -0.25) is 4.68 Å². The van der Waals surface area contributed by atoms with Crippen LogP contribution in [0, 0.1) is 6.92 Å². The van der Waals surface area contributed by atoms with Gasteiger partial charge in [0.05, 0.1) is 23.5 Å². The zero-order chi connectivity index (χ0) is 10.8. The minimum atomic E-state index is 0.609. The van der Waals surface area contributed by atoms with Crippen molar-refractivity contribution in [2.75, 3.05) is 12.4 Å². The second kappa shape index (κ2) is 4.16. The predicted molar refractivity (Wildman–Crippen MR) is 60.5 cm³/mol. The van der Waals surface area contributed by atoms with Crippen molar-refractivity contribution in [1.29, 1.82) is 0 Å². The lowest BCUT2D eigenvalue weighted by atomic mass is 10.5. The van der Waals surface area contributed by atoms with Crippen molar-refractivity contribution in [3.63, 3.8) is 0 Å². The third kappa shape index (κ3) is 2.10. The van der Waals surface area contributed by atoms with Crippen LogP contribution in [0.2, 0.25) is 5.02 Å². The smallest absolute Gasteiger partial charge is 0.205 e. The predicted octanol–water partition coefficient (Wildman–Crippen LogP) is 1.79. The highest BCUT2D eigenvalue weighted by molar-refractivity contribution is 7.15. The molecule has 0 bridgehead atoms. The van der Waals surface area contributed by atoms with E-state index in [1.54, 1.807) is 6.20 Å². The van der Waals surface area contributed by atoms with Crippen molar-refractivity contribution in [3.05, 3.63) is 21.9 Å². The van der Waals surface area contributed by atoms with Crippen LogP contribution < -0.4 is 5.32 Å². The molecule has 0 unspecified atom stereocenters. The van der Waals surface area contributed by atoms with Crippen LogP contribution in [0.5, 0.6) is 0 Å². The SMILES string of the molecule is CNc1nnc(Cn2ncc(Cl)c2C)s1. The van der Waals surface area contributed by atoms with Gasteiger partial charge < -0.3 is 5.32 Å². The van der Waals surface area contributed by atoms with Crippen LogP contribution in [-0.2, 0) is 6.54 Å². The van der Waals surface area contributed by atoms with Crippen molar-refractivity contribution >= 4 is 28.1 Å². The maximum atomic E-state index is 5.90. The van der Waals surface area contributed by atoms with Gasteiger partial charge in [0.15, 0.2) is 0 Å². The number of hydrogen-bond acceptors (Lipinski definition) is 5. The quantitative estimate of drug-likeness (QED) is 0.893. The van der Waals surface area contributed by atoms with E-state index in [0.29, 0.717) is 11.6 Å². The summed E-state index contributed by atoms with van der Waals surface area (Å²) in [7, 11) is 1.82. The van der Waals surface area contributed by atoms with E-state index in [1.807, 2.05) is 18.7 Å². The van der Waals surface area contributed by atoms with Gasteiger partial charge in [0.1, 0.15) is 5.01 Å². The fourth-order valence-electron chi connectivity index (χ4n) is 1.13. The second-order valence-corrected chi connectivity index (χ2v) is 4.46. The van der Waals surface area contributed by atoms with Crippen LogP contribution in [0.15, 0.2) is 6.20 Å². The van der Waals surface area contributed by atoms with Gasteiger partial charge in [0, 0.05) is 7.05 Å². The molecule has 7 heteroatoms. The molecule has 0 aromatic carbocycles. The minimum absolute atomic E-state index is 0.609. The number of aromatic nitrogens is 4. The summed E-state index contributed by atoms with van der Waals surface area (Å²) in [5.74, 6) is 0. The maximum absolute atomic E-state index is 5.90. The van der Waals surface area contributed by atoms with E-state index in [9.17, 15) is 0 Å². The molecule has 0 aliphatic heterocycles. The van der Waals surface area contributed by atoms with Gasteiger partial charge in [-0.15, -0.1) is 10.2 Å². The van der Waals surface area contributed by atoms with Crippen molar-refractivity contribution in [3.8, 4) is 0 Å². The summed E-state index contributed by atoms with van der Waals surface area (Å²) in [5, 5.41) is 17.5. The average molecular weight is 244 g/mol. The van der Waals surface area contributed by atoms with E-state index in [0.717, 1.165) is 15.8 Å². The molecule has 1 N–H and O–H groups in total. The lowest BCUT2D eigenvalue weighted by Gasteiger charge is -1.99. The van der Waals surface area contributed by atoms with Gasteiger partial charge >= 0.3 is 0 Å². The third-order valence-corrected chi connectivity index (χ3v) is 3.31. The summed E-state index contributed by atoms with van der Waals surface area (Å²) in [6.45, 7) is 2.53. The summed E-state index contributed by atoms with van der Waals surface area (Å²) in [4.78, 5) is 0. The molecule has 0 saturated carbocycles. The molecule has 2 rings (SSSR count). The molecule has 0 radical (unpaired) electrons. The first-order valence-corrected chi connectivity index (χ1v) is 5.58. The number of nitrogens with zero attached hydrogens (tertiary/aromatic N) is 4. The van der Waals surface area contributed by atoms with Gasteiger partial charge in [-0.2, -0.15) is 5.10 Å². The van der Waals surface area contributed by atoms with Crippen LogP contribution in [0.1, 0.15) is 10.7 Å². The van der Waals surface area contributed by atoms with Crippen LogP contribution >= 0.6 is 22.9 Å². The number of hydrogen-bond donors (Lipinski definition) is 1. The molecule has 0 amide bonds. The highest BCUT2D eigenvalue weighted by Crippen LogP contribution is 2.18. The summed E-state index contributed by atoms with van der Waals surface area (Å²) in [6, 6.07) is 0. The molecule has 0 aliphatic carbocycles. The third-order valence-electron chi connectivity index (χ3n) is 2.01. The molecule has 5 nitrogen and oxygen atoms in total. The van der Waals surface area contributed by atoms with Crippen molar-refractivity contribution < 1.29 is 0 Å². The van der Waals surface area contributed by atoms with Crippen molar-refractivity contribution in [2.24, 2.45) is 0 Å². The molecule has 0 fully saturated rings. The Kier molecular flexibility index (Phi) is 2.88. The largest absolute Gasteiger partial charge is 0.363 e. The minimum Gasteiger partial charge on any atom is -0.363 e. The van der Waals surface area contributed by atoms with Crippen LogP contribution in [0.25, 0.3) is 0 Å². The number of anilines is 1. The first-order chi connectivity index (χ1) is 7.20. The highest BCUT2D eigenvalue weighted by Gasteiger charge is 2.07. The molecule has 15 heavy (non-hydrogen) atoms. The molecule has 2 aromatic heterocycles. The molecule has 0 spiro atoms. The maximum Gasteiger partial charge on any atom is 0.205 e. The Hall–Kier alpha value is -1.14. The Balaban J connectivity index is 2.18. The fraction of sp³-hybridized carbons (Fsp3) is 0.375. The van der Waals surface area contributed by atoms with Gasteiger partial charge in [0.2, 0.25) is 5.13 Å². The van der Waals surface area contributed by atoms with Crippen LogP contribution in [-0.4, -0.2) is 27.0 Å². The first-order valence-electron chi connectivity index (χ1n) is 4.38. The lowest BCUT2D eigenvalue weighted by molar-refractivity contribution is 0.657. The van der Waals surface area contributed by atoms with Crippen molar-refractivity contribution in [1.82, 2.24) is 20.0 Å². The van der Waals surface area contributed by atoms with E-state index < -0.39 is 0 Å². The summed E-state index contributed by atoms with van der Waals surface area (Å²) in [5.41, 5.74) is 0.942. The Morgan fingerprint density at radius 2 is 2.33 bits per heavy atom. The summed E-state index contributed by atoms with van der Waals surface area (Å²) >= 11 is 7.41. The monoisotopic (exact) mass is 243 g/mol. The first kappa shape index (κ1) is 10.4. The fourth-order valence-corrected chi connectivity index (χ4v) is 1.95. The topological polar surface area (TPSA) is 55.6 Å². The van der Waals surface area contributed by atoms with E-state index >= 15 is 0 Å². The standard InChI is InChI=1S/C8H10ClN5S/c1-5-6(9)3-11-14(5)4-7-12-13-8(10-2)15-7/h3H,4H2,1-2H3,(H,10,13). The zero-order valence-corrected chi connectivity index (χ0v) is 9.93. The molecule has 0 aliphatic rings. The Labute approximate surface area is 96.1 Å². The highest BCUT2D eigenvalue weighted by atomic mass is 35.5. The van der Waals surface area contributed by atoms with E-state index in [2.05, 4.69) is 20.6 Å². The number of rotatable bonds is 3. The van der Waals surface area contributed by atoms with E-state index in [1.165, 1.54) is 11.3 Å².